The molecule has 3 aromatic rings. The molecule has 0 aliphatic carbocycles. The molecule has 3 N–H and O–H groups in total. The molecule has 0 amide bonds. The number of fused-ring (bicyclic) bond motifs is 2. The van der Waals surface area contributed by atoms with Crippen LogP contribution in [0.4, 0.5) is 0 Å². The maximum absolute atomic E-state index is 10.1. The predicted molar refractivity (Wildman–Crippen MR) is 97.8 cm³/mol. The zero-order chi connectivity index (χ0) is 15.5. The van der Waals surface area contributed by atoms with Gasteiger partial charge in [0.1, 0.15) is 6.23 Å². The predicted octanol–water partition coefficient (Wildman–Crippen LogP) is 3.45. The smallest absolute Gasteiger partial charge is 0.109 e. The molecule has 2 atom stereocenters. The topological polar surface area (TPSA) is 52.5 Å². The second-order valence-electron chi connectivity index (χ2n) is 5.78. The molecule has 0 radical (unpaired) electrons. The van der Waals surface area contributed by atoms with Gasteiger partial charge in [0.15, 0.2) is 0 Å². The Bertz CT molecular complexity index is 737. The Balaban J connectivity index is 0.00000192. The van der Waals surface area contributed by atoms with Gasteiger partial charge in [0.05, 0.1) is 0 Å². The van der Waals surface area contributed by atoms with Gasteiger partial charge in [-0.1, -0.05) is 55.5 Å². The van der Waals surface area contributed by atoms with Crippen molar-refractivity contribution in [2.45, 2.75) is 19.7 Å². The van der Waals surface area contributed by atoms with E-state index < -0.39 is 6.23 Å². The van der Waals surface area contributed by atoms with E-state index in [1.165, 1.54) is 27.1 Å². The Hall–Kier alpha value is -1.65. The minimum absolute atomic E-state index is 0. The third-order valence-electron chi connectivity index (χ3n) is 4.20. The van der Waals surface area contributed by atoms with Crippen molar-refractivity contribution in [3.05, 3.63) is 60.2 Å². The summed E-state index contributed by atoms with van der Waals surface area (Å²) in [5.74, 6) is -0.193. The lowest BCUT2D eigenvalue weighted by Gasteiger charge is -2.19. The van der Waals surface area contributed by atoms with Crippen molar-refractivity contribution in [1.82, 2.24) is 5.32 Å². The minimum Gasteiger partial charge on any atom is -0.396 e. The van der Waals surface area contributed by atoms with Crippen LogP contribution in [0.15, 0.2) is 54.6 Å². The third-order valence-corrected chi connectivity index (χ3v) is 4.20. The van der Waals surface area contributed by atoms with E-state index in [-0.39, 0.29) is 24.9 Å². The fraction of sp³-hybridized carbons (Fsp3) is 0.263. The van der Waals surface area contributed by atoms with E-state index in [0.717, 1.165) is 0 Å². The van der Waals surface area contributed by atoms with Crippen LogP contribution < -0.4 is 5.32 Å². The highest BCUT2D eigenvalue weighted by atomic mass is 35.5. The molecule has 0 fully saturated rings. The van der Waals surface area contributed by atoms with Crippen LogP contribution in [0.3, 0.4) is 0 Å². The number of nitrogens with one attached hydrogen (secondary N) is 1. The van der Waals surface area contributed by atoms with E-state index in [1.54, 1.807) is 0 Å². The maximum atomic E-state index is 10.1. The van der Waals surface area contributed by atoms with Gasteiger partial charge in [-0.2, -0.15) is 0 Å². The summed E-state index contributed by atoms with van der Waals surface area (Å²) in [5, 5.41) is 27.1. The number of aliphatic hydroxyl groups excluding tert-OH is 2. The second-order valence-corrected chi connectivity index (χ2v) is 5.78. The SMILES string of the molecule is CC(CO)C(O)NCc1c2ccccc2cc2ccccc12.Cl. The van der Waals surface area contributed by atoms with Crippen molar-refractivity contribution in [2.24, 2.45) is 5.92 Å². The molecule has 3 aromatic carbocycles. The molecule has 3 nitrogen and oxygen atoms in total. The lowest BCUT2D eigenvalue weighted by molar-refractivity contribution is 0.0496. The van der Waals surface area contributed by atoms with Crippen molar-refractivity contribution >= 4 is 34.0 Å². The highest BCUT2D eigenvalue weighted by Crippen LogP contribution is 2.28. The molecule has 0 aliphatic rings. The van der Waals surface area contributed by atoms with E-state index in [4.69, 9.17) is 5.11 Å². The quantitative estimate of drug-likeness (QED) is 0.496. The van der Waals surface area contributed by atoms with Crippen LogP contribution in [0.1, 0.15) is 12.5 Å². The molecule has 0 spiro atoms. The highest BCUT2D eigenvalue weighted by molar-refractivity contribution is 6.02. The van der Waals surface area contributed by atoms with Gasteiger partial charge in [0.25, 0.3) is 0 Å². The summed E-state index contributed by atoms with van der Waals surface area (Å²) in [6.07, 6.45) is -0.720. The monoisotopic (exact) mass is 331 g/mol. The van der Waals surface area contributed by atoms with E-state index in [2.05, 4.69) is 35.6 Å². The van der Waals surface area contributed by atoms with Gasteiger partial charge in [-0.25, -0.2) is 0 Å². The number of halogens is 1. The van der Waals surface area contributed by atoms with E-state index >= 15 is 0 Å². The van der Waals surface area contributed by atoms with E-state index in [9.17, 15) is 5.11 Å². The maximum Gasteiger partial charge on any atom is 0.109 e. The summed E-state index contributed by atoms with van der Waals surface area (Å²) >= 11 is 0. The van der Waals surface area contributed by atoms with Gasteiger partial charge in [0, 0.05) is 19.1 Å². The van der Waals surface area contributed by atoms with Crippen molar-refractivity contribution in [3.63, 3.8) is 0 Å². The lowest BCUT2D eigenvalue weighted by atomic mass is 9.96. The standard InChI is InChI=1S/C19H21NO2.ClH/c1-13(12-21)19(22)20-11-18-16-8-4-2-6-14(16)10-15-7-3-5-9-17(15)18;/h2-10,13,19-22H,11-12H2,1H3;1H. The summed E-state index contributed by atoms with van der Waals surface area (Å²) < 4.78 is 0. The molecule has 0 aliphatic heterocycles. The van der Waals surface area contributed by atoms with Gasteiger partial charge in [-0.3, -0.25) is 5.32 Å². The first-order chi connectivity index (χ1) is 10.7. The van der Waals surface area contributed by atoms with Crippen LogP contribution in [-0.2, 0) is 6.54 Å². The number of aliphatic hydroxyl groups is 2. The molecule has 2 unspecified atom stereocenters. The number of rotatable bonds is 5. The minimum atomic E-state index is -0.720. The number of benzene rings is 3. The van der Waals surface area contributed by atoms with Crippen LogP contribution in [-0.4, -0.2) is 23.0 Å². The van der Waals surface area contributed by atoms with Gasteiger partial charge in [0.2, 0.25) is 0 Å². The molecule has 4 heteroatoms. The molecular weight excluding hydrogens is 310 g/mol. The lowest BCUT2D eigenvalue weighted by Crippen LogP contribution is -2.35. The second kappa shape index (κ2) is 7.75. The Morgan fingerprint density at radius 2 is 1.48 bits per heavy atom. The van der Waals surface area contributed by atoms with Crippen LogP contribution in [0.5, 0.6) is 0 Å². The van der Waals surface area contributed by atoms with Crippen LogP contribution >= 0.6 is 12.4 Å². The molecular formula is C19H22ClNO2. The Kier molecular flexibility index (Phi) is 5.97. The third kappa shape index (κ3) is 3.65. The van der Waals surface area contributed by atoms with Crippen molar-refractivity contribution < 1.29 is 10.2 Å². The van der Waals surface area contributed by atoms with Gasteiger partial charge < -0.3 is 10.2 Å². The fourth-order valence-electron chi connectivity index (χ4n) is 2.81. The first kappa shape index (κ1) is 17.7. The van der Waals surface area contributed by atoms with Gasteiger partial charge in [-0.15, -0.1) is 12.4 Å². The first-order valence-corrected chi connectivity index (χ1v) is 7.62. The molecule has 23 heavy (non-hydrogen) atoms. The molecule has 0 saturated carbocycles. The van der Waals surface area contributed by atoms with Gasteiger partial charge >= 0.3 is 0 Å². The zero-order valence-corrected chi connectivity index (χ0v) is 13.9. The molecule has 0 aromatic heterocycles. The normalized spacial score (nSPS) is 13.7. The van der Waals surface area contributed by atoms with Gasteiger partial charge in [-0.05, 0) is 33.2 Å². The fourth-order valence-corrected chi connectivity index (χ4v) is 2.81. The Morgan fingerprint density at radius 1 is 0.957 bits per heavy atom. The summed E-state index contributed by atoms with van der Waals surface area (Å²) in [5.41, 5.74) is 1.18. The summed E-state index contributed by atoms with van der Waals surface area (Å²) in [4.78, 5) is 0. The highest BCUT2D eigenvalue weighted by Gasteiger charge is 2.14. The molecule has 0 heterocycles. The molecule has 0 saturated heterocycles. The van der Waals surface area contributed by atoms with Crippen molar-refractivity contribution in [3.8, 4) is 0 Å². The largest absolute Gasteiger partial charge is 0.396 e. The molecule has 0 bridgehead atoms. The van der Waals surface area contributed by atoms with Crippen LogP contribution in [0.25, 0.3) is 21.5 Å². The number of hydrogen-bond acceptors (Lipinski definition) is 3. The summed E-state index contributed by atoms with van der Waals surface area (Å²) in [6.45, 7) is 2.34. The molecule has 3 rings (SSSR count). The Labute approximate surface area is 142 Å². The molecule has 122 valence electrons. The van der Waals surface area contributed by atoms with Crippen molar-refractivity contribution in [2.75, 3.05) is 6.61 Å². The average molecular weight is 332 g/mol. The Morgan fingerprint density at radius 3 is 2.00 bits per heavy atom. The summed E-state index contributed by atoms with van der Waals surface area (Å²) in [6, 6.07) is 18.8. The van der Waals surface area contributed by atoms with E-state index in [1.807, 2.05) is 31.2 Å². The first-order valence-electron chi connectivity index (χ1n) is 7.62. The van der Waals surface area contributed by atoms with Crippen LogP contribution in [0, 0.1) is 5.92 Å². The number of hydrogen-bond donors (Lipinski definition) is 3. The average Bonchev–Trinajstić information content (AvgIpc) is 2.57. The zero-order valence-electron chi connectivity index (χ0n) is 13.1. The van der Waals surface area contributed by atoms with Crippen LogP contribution in [0.2, 0.25) is 0 Å². The summed E-state index contributed by atoms with van der Waals surface area (Å²) in [7, 11) is 0. The van der Waals surface area contributed by atoms with Crippen molar-refractivity contribution in [1.29, 1.82) is 0 Å². The van der Waals surface area contributed by atoms with E-state index in [0.29, 0.717) is 6.54 Å².